The molecule has 0 aliphatic carbocycles. The monoisotopic (exact) mass is 799 g/mol. The second-order valence-electron chi connectivity index (χ2n) is 9.26. The maximum Gasteiger partial charge on any atom is 0.331 e. The van der Waals surface area contributed by atoms with E-state index in [9.17, 15) is 18.8 Å². The lowest BCUT2D eigenvalue weighted by molar-refractivity contribution is -0.157. The van der Waals surface area contributed by atoms with E-state index < -0.39 is 59.5 Å². The van der Waals surface area contributed by atoms with Crippen LogP contribution in [-0.2, 0) is 22.6 Å². The lowest BCUT2D eigenvalue weighted by Crippen LogP contribution is -2.65. The summed E-state index contributed by atoms with van der Waals surface area (Å²) in [7, 11) is 2.91. The van der Waals surface area contributed by atoms with Crippen LogP contribution in [-0.4, -0.2) is 82.0 Å². The number of anilines is 1. The summed E-state index contributed by atoms with van der Waals surface area (Å²) in [6.07, 6.45) is -1.42. The van der Waals surface area contributed by atoms with Gasteiger partial charge in [-0.05, 0) is 56.8 Å². The molecule has 0 unspecified atom stereocenters. The third-order valence-corrected chi connectivity index (χ3v) is 10.9. The molecular formula is C24H22F3I2N7O3S. The Morgan fingerprint density at radius 2 is 1.90 bits per heavy atom. The molecule has 3 N–H and O–H groups in total. The fourth-order valence-electron chi connectivity index (χ4n) is 5.11. The third-order valence-electron chi connectivity index (χ3n) is 7.04. The Hall–Kier alpha value is -2.45. The highest BCUT2D eigenvalue weighted by atomic mass is 127. The van der Waals surface area contributed by atoms with Gasteiger partial charge in [-0.2, -0.15) is 5.01 Å². The second-order valence-corrected chi connectivity index (χ2v) is 12.5. The summed E-state index contributed by atoms with van der Waals surface area (Å²) in [5.41, 5.74) is 6.58. The van der Waals surface area contributed by atoms with E-state index in [1.54, 1.807) is 34.7 Å². The number of aromatic nitrogens is 1. The van der Waals surface area contributed by atoms with Gasteiger partial charge in [0.2, 0.25) is 11.8 Å². The first-order chi connectivity index (χ1) is 18.9. The Balaban J connectivity index is 1.57. The fourth-order valence-corrected chi connectivity index (χ4v) is 6.93. The maximum atomic E-state index is 15.3. The van der Waals surface area contributed by atoms with Gasteiger partial charge in [-0.25, -0.2) is 22.9 Å². The van der Waals surface area contributed by atoms with Crippen molar-refractivity contribution in [3.8, 4) is 0 Å². The number of fused-ring (bicyclic) bond motifs is 2. The van der Waals surface area contributed by atoms with Gasteiger partial charge in [0.15, 0.2) is 16.8 Å². The number of benzene rings is 2. The minimum absolute atomic E-state index is 0.00195. The molecule has 40 heavy (non-hydrogen) atoms. The van der Waals surface area contributed by atoms with Crippen molar-refractivity contribution in [2.24, 2.45) is 0 Å². The van der Waals surface area contributed by atoms with E-state index in [2.05, 4.69) is 10.3 Å². The summed E-state index contributed by atoms with van der Waals surface area (Å²) in [6, 6.07) is 3.60. The number of halogens is 5. The highest BCUT2D eigenvalue weighted by molar-refractivity contribution is 14.1. The van der Waals surface area contributed by atoms with Gasteiger partial charge in [0.1, 0.15) is 18.0 Å². The second kappa shape index (κ2) is 11.1. The van der Waals surface area contributed by atoms with Gasteiger partial charge in [-0.3, -0.25) is 14.6 Å². The molecule has 4 amide bonds. The number of hydrogen-bond donors (Lipinski definition) is 2. The van der Waals surface area contributed by atoms with Crippen molar-refractivity contribution in [1.29, 1.82) is 0 Å². The zero-order chi connectivity index (χ0) is 29.0. The summed E-state index contributed by atoms with van der Waals surface area (Å²) in [4.78, 5) is 46.7. The van der Waals surface area contributed by atoms with E-state index >= 15 is 8.78 Å². The molecule has 0 spiro atoms. The van der Waals surface area contributed by atoms with Crippen molar-refractivity contribution in [1.82, 2.24) is 30.1 Å². The lowest BCUT2D eigenvalue weighted by atomic mass is 9.98. The van der Waals surface area contributed by atoms with Crippen molar-refractivity contribution in [3.63, 3.8) is 0 Å². The highest BCUT2D eigenvalue weighted by Gasteiger charge is 2.52. The van der Waals surface area contributed by atoms with Crippen molar-refractivity contribution in [3.05, 3.63) is 53.9 Å². The summed E-state index contributed by atoms with van der Waals surface area (Å²) >= 11 is 4.40. The molecule has 0 bridgehead atoms. The number of carbonyl (C=O) groups excluding carboxylic acids is 3. The smallest absolute Gasteiger partial charge is 0.331 e. The minimum Gasteiger partial charge on any atom is -0.375 e. The first-order valence-corrected chi connectivity index (χ1v) is 14.9. The van der Waals surface area contributed by atoms with Crippen LogP contribution in [0.5, 0.6) is 0 Å². The summed E-state index contributed by atoms with van der Waals surface area (Å²) < 4.78 is 45.5. The Morgan fingerprint density at radius 3 is 2.60 bits per heavy atom. The number of amides is 4. The summed E-state index contributed by atoms with van der Waals surface area (Å²) in [5.74, 6) is -4.69. The molecule has 2 aliphatic heterocycles. The molecule has 3 heterocycles. The predicted molar refractivity (Wildman–Crippen MR) is 158 cm³/mol. The normalized spacial score (nSPS) is 19.5. The quantitative estimate of drug-likeness (QED) is 0.233. The summed E-state index contributed by atoms with van der Waals surface area (Å²) in [6.45, 7) is -0.175. The van der Waals surface area contributed by atoms with E-state index in [-0.39, 0.29) is 26.8 Å². The number of piperazine rings is 1. The van der Waals surface area contributed by atoms with Crippen LogP contribution in [0.2, 0.25) is 0 Å². The molecule has 2 aromatic carbocycles. The van der Waals surface area contributed by atoms with Crippen LogP contribution in [0.3, 0.4) is 0 Å². The number of nitrogens with two attached hydrogens (primary N) is 1. The van der Waals surface area contributed by atoms with E-state index in [0.717, 1.165) is 4.70 Å². The minimum atomic E-state index is -1.41. The number of carbonyl (C=O) groups is 3. The van der Waals surface area contributed by atoms with Gasteiger partial charge in [0, 0.05) is 32.6 Å². The Labute approximate surface area is 257 Å². The number of para-hydroxylation sites is 1. The molecule has 212 valence electrons. The standard InChI is InChI=1S/C24H22F3I2N7O3S/c1-31-24(39)33(2)35-9-15(37)36-12(6-11-16(25)18(27)20(29)19(28)17(11)26)22(38)34(8-14(35)36)7-10-4-3-5-13-21(10)32-23(30)40-13/h3-5,12,14H,6-9H2,1-2H3,(H2,30,32)(H,31,39)/t12-,14+/m0/s1. The van der Waals surface area contributed by atoms with Crippen molar-refractivity contribution in [2.75, 3.05) is 32.9 Å². The van der Waals surface area contributed by atoms with Crippen LogP contribution in [0.15, 0.2) is 18.2 Å². The number of thiazole rings is 1. The van der Waals surface area contributed by atoms with Crippen LogP contribution in [0.1, 0.15) is 11.1 Å². The molecule has 10 nitrogen and oxygen atoms in total. The van der Waals surface area contributed by atoms with Crippen LogP contribution >= 0.6 is 56.5 Å². The number of nitrogens with one attached hydrogen (secondary N) is 1. The third kappa shape index (κ3) is 4.85. The van der Waals surface area contributed by atoms with E-state index in [1.165, 1.54) is 67.8 Å². The van der Waals surface area contributed by atoms with Gasteiger partial charge in [0.25, 0.3) is 0 Å². The molecule has 1 aromatic heterocycles. The number of hydrogen-bond acceptors (Lipinski definition) is 7. The molecule has 3 aromatic rings. The van der Waals surface area contributed by atoms with Crippen molar-refractivity contribution < 1.29 is 27.6 Å². The molecular weight excluding hydrogens is 777 g/mol. The number of hydrazine groups is 1. The van der Waals surface area contributed by atoms with E-state index in [4.69, 9.17) is 5.73 Å². The van der Waals surface area contributed by atoms with Gasteiger partial charge >= 0.3 is 6.03 Å². The predicted octanol–water partition coefficient (Wildman–Crippen LogP) is 3.12. The molecule has 0 radical (unpaired) electrons. The fraction of sp³-hybridized carbons (Fsp3) is 0.333. The van der Waals surface area contributed by atoms with Crippen LogP contribution in [0.25, 0.3) is 10.2 Å². The molecule has 5 rings (SSSR count). The maximum absolute atomic E-state index is 15.3. The number of nitrogen functional groups attached to an aromatic ring is 1. The van der Waals surface area contributed by atoms with Crippen LogP contribution in [0, 0.1) is 24.6 Å². The van der Waals surface area contributed by atoms with Gasteiger partial charge < -0.3 is 20.9 Å². The lowest BCUT2D eigenvalue weighted by Gasteiger charge is -2.45. The number of nitrogens with zero attached hydrogens (tertiary/aromatic N) is 5. The molecule has 2 atom stereocenters. The molecule has 0 saturated carbocycles. The molecule has 2 saturated heterocycles. The zero-order valence-corrected chi connectivity index (χ0v) is 26.2. The van der Waals surface area contributed by atoms with Crippen LogP contribution in [0.4, 0.5) is 23.1 Å². The van der Waals surface area contributed by atoms with Crippen LogP contribution < -0.4 is 11.1 Å². The molecule has 2 fully saturated rings. The topological polar surface area (TPSA) is 115 Å². The average Bonchev–Trinajstić information content (AvgIpc) is 3.48. The number of urea groups is 1. The van der Waals surface area contributed by atoms with E-state index in [1.807, 2.05) is 6.07 Å². The van der Waals surface area contributed by atoms with Gasteiger partial charge in [-0.15, -0.1) is 0 Å². The first-order valence-electron chi connectivity index (χ1n) is 11.9. The Morgan fingerprint density at radius 1 is 1.20 bits per heavy atom. The first kappa shape index (κ1) is 29.1. The van der Waals surface area contributed by atoms with Gasteiger partial charge in [-0.1, -0.05) is 23.5 Å². The van der Waals surface area contributed by atoms with E-state index in [0.29, 0.717) is 16.2 Å². The largest absolute Gasteiger partial charge is 0.375 e. The zero-order valence-electron chi connectivity index (χ0n) is 21.1. The summed E-state index contributed by atoms with van der Waals surface area (Å²) in [5, 5.41) is 5.56. The Kier molecular flexibility index (Phi) is 8.05. The van der Waals surface area contributed by atoms with Gasteiger partial charge in [0.05, 0.1) is 30.4 Å². The molecule has 2 aliphatic rings. The van der Waals surface area contributed by atoms with Crippen molar-refractivity contribution >= 4 is 89.7 Å². The Bertz CT molecular complexity index is 1530. The van der Waals surface area contributed by atoms with Crippen molar-refractivity contribution in [2.45, 2.75) is 25.2 Å². The number of rotatable bonds is 5. The molecule has 16 heteroatoms. The SMILES string of the molecule is CNC(=O)N(C)N1CC(=O)N2[C@@H](Cc3c(F)c(F)c(I)c(I)c3F)C(=O)N(Cc3cccc4sc(N)nc34)C[C@@H]21. The average molecular weight is 799 g/mol. The highest BCUT2D eigenvalue weighted by Crippen LogP contribution is 2.34.